The second-order valence-electron chi connectivity index (χ2n) is 6.38. The van der Waals surface area contributed by atoms with E-state index in [1.54, 1.807) is 32.9 Å². The molecule has 1 N–H and O–H groups in total. The molecular weight excluding hydrogens is 300 g/mol. The SMILES string of the molecule is CC(O)CN(C(=O)OC(C)(C)C)N1C(=O)c2ccccc2C1=O. The van der Waals surface area contributed by atoms with Gasteiger partial charge in [-0.3, -0.25) is 9.59 Å². The molecule has 1 atom stereocenters. The van der Waals surface area contributed by atoms with Crippen molar-refractivity contribution in [1.29, 1.82) is 0 Å². The van der Waals surface area contributed by atoms with Gasteiger partial charge in [0.25, 0.3) is 11.8 Å². The van der Waals surface area contributed by atoms with Crippen molar-refractivity contribution in [3.05, 3.63) is 35.4 Å². The molecule has 0 fully saturated rings. The second-order valence-corrected chi connectivity index (χ2v) is 6.38. The van der Waals surface area contributed by atoms with E-state index in [9.17, 15) is 19.5 Å². The fourth-order valence-corrected chi connectivity index (χ4v) is 2.20. The minimum Gasteiger partial charge on any atom is -0.442 e. The quantitative estimate of drug-likeness (QED) is 0.858. The number of fused-ring (bicyclic) bond motifs is 1. The van der Waals surface area contributed by atoms with Gasteiger partial charge in [0.05, 0.1) is 23.8 Å². The van der Waals surface area contributed by atoms with Crippen LogP contribution in [0.25, 0.3) is 0 Å². The van der Waals surface area contributed by atoms with Gasteiger partial charge in [0.1, 0.15) is 5.60 Å². The molecule has 0 saturated carbocycles. The number of imide groups is 1. The molecule has 0 bridgehead atoms. The first-order chi connectivity index (χ1) is 10.6. The fraction of sp³-hybridized carbons (Fsp3) is 0.438. The molecule has 0 aliphatic carbocycles. The third kappa shape index (κ3) is 3.50. The lowest BCUT2D eigenvalue weighted by molar-refractivity contribution is -0.0400. The first-order valence-corrected chi connectivity index (χ1v) is 7.28. The van der Waals surface area contributed by atoms with Crippen LogP contribution in [0, 0.1) is 0 Å². The van der Waals surface area contributed by atoms with Crippen molar-refractivity contribution in [3.8, 4) is 0 Å². The number of rotatable bonds is 3. The Hall–Kier alpha value is -2.41. The lowest BCUT2D eigenvalue weighted by atomic mass is 10.1. The van der Waals surface area contributed by atoms with Crippen LogP contribution in [0.15, 0.2) is 24.3 Å². The molecule has 0 radical (unpaired) electrons. The number of hydrogen-bond donors (Lipinski definition) is 1. The summed E-state index contributed by atoms with van der Waals surface area (Å²) in [6.45, 7) is 6.24. The van der Waals surface area contributed by atoms with Gasteiger partial charge in [0, 0.05) is 0 Å². The zero-order valence-corrected chi connectivity index (χ0v) is 13.6. The predicted octanol–water partition coefficient (Wildman–Crippen LogP) is 1.82. The Morgan fingerprint density at radius 3 is 2.09 bits per heavy atom. The van der Waals surface area contributed by atoms with Crippen LogP contribution >= 0.6 is 0 Å². The maximum absolute atomic E-state index is 12.5. The molecule has 1 aromatic carbocycles. The lowest BCUT2D eigenvalue weighted by Crippen LogP contribution is -2.53. The Morgan fingerprint density at radius 1 is 1.22 bits per heavy atom. The molecule has 0 spiro atoms. The van der Waals surface area contributed by atoms with Gasteiger partial charge < -0.3 is 9.84 Å². The van der Waals surface area contributed by atoms with Crippen LogP contribution < -0.4 is 0 Å². The van der Waals surface area contributed by atoms with E-state index in [2.05, 4.69) is 0 Å². The van der Waals surface area contributed by atoms with Gasteiger partial charge in [-0.2, -0.15) is 5.01 Å². The fourth-order valence-electron chi connectivity index (χ4n) is 2.20. The summed E-state index contributed by atoms with van der Waals surface area (Å²) in [5.41, 5.74) is -0.361. The Kier molecular flexibility index (Phi) is 4.42. The van der Waals surface area contributed by atoms with E-state index in [-0.39, 0.29) is 17.7 Å². The smallest absolute Gasteiger partial charge is 0.429 e. The van der Waals surface area contributed by atoms with Crippen molar-refractivity contribution in [2.45, 2.75) is 39.4 Å². The molecule has 1 aliphatic heterocycles. The van der Waals surface area contributed by atoms with Crippen LogP contribution in [-0.4, -0.2) is 51.3 Å². The van der Waals surface area contributed by atoms with E-state index in [4.69, 9.17) is 4.74 Å². The first kappa shape index (κ1) is 17.0. The van der Waals surface area contributed by atoms with Crippen LogP contribution in [0.3, 0.4) is 0 Å². The van der Waals surface area contributed by atoms with Crippen molar-refractivity contribution in [2.75, 3.05) is 6.54 Å². The molecule has 7 heteroatoms. The van der Waals surface area contributed by atoms with Gasteiger partial charge in [-0.1, -0.05) is 12.1 Å². The Labute approximate surface area is 134 Å². The zero-order valence-electron chi connectivity index (χ0n) is 13.6. The first-order valence-electron chi connectivity index (χ1n) is 7.28. The van der Waals surface area contributed by atoms with Gasteiger partial charge in [-0.15, -0.1) is 0 Å². The van der Waals surface area contributed by atoms with E-state index in [1.807, 2.05) is 0 Å². The van der Waals surface area contributed by atoms with Crippen LogP contribution in [-0.2, 0) is 4.74 Å². The van der Waals surface area contributed by atoms with Gasteiger partial charge in [-0.25, -0.2) is 9.80 Å². The van der Waals surface area contributed by atoms with Crippen LogP contribution in [0.4, 0.5) is 4.79 Å². The van der Waals surface area contributed by atoms with Crippen molar-refractivity contribution >= 4 is 17.9 Å². The minimum absolute atomic E-state index is 0.219. The highest BCUT2D eigenvalue weighted by molar-refractivity contribution is 6.21. The van der Waals surface area contributed by atoms with E-state index in [0.29, 0.717) is 0 Å². The molecule has 23 heavy (non-hydrogen) atoms. The molecule has 1 unspecified atom stereocenters. The van der Waals surface area contributed by atoms with Gasteiger partial charge >= 0.3 is 6.09 Å². The number of hydrogen-bond acceptors (Lipinski definition) is 5. The molecule has 1 aliphatic rings. The van der Waals surface area contributed by atoms with Crippen molar-refractivity contribution in [1.82, 2.24) is 10.0 Å². The molecule has 2 rings (SSSR count). The molecule has 3 amide bonds. The van der Waals surface area contributed by atoms with Crippen molar-refractivity contribution in [2.24, 2.45) is 0 Å². The zero-order chi connectivity index (χ0) is 17.4. The lowest BCUT2D eigenvalue weighted by Gasteiger charge is -2.32. The number of ether oxygens (including phenoxy) is 1. The standard InChI is InChI=1S/C16H20N2O5/c1-10(19)9-17(15(22)23-16(2,3)4)18-13(20)11-7-5-6-8-12(11)14(18)21/h5-8,10,19H,9H2,1-4H3. The molecular formula is C16H20N2O5. The minimum atomic E-state index is -0.938. The van der Waals surface area contributed by atoms with E-state index < -0.39 is 29.6 Å². The Balaban J connectivity index is 2.36. The number of carbonyl (C=O) groups is 3. The molecule has 1 aromatic rings. The van der Waals surface area contributed by atoms with E-state index >= 15 is 0 Å². The number of nitrogens with zero attached hydrogens (tertiary/aromatic N) is 2. The highest BCUT2D eigenvalue weighted by Crippen LogP contribution is 2.25. The van der Waals surface area contributed by atoms with Crippen molar-refractivity contribution in [3.63, 3.8) is 0 Å². The maximum atomic E-state index is 12.5. The summed E-state index contributed by atoms with van der Waals surface area (Å²) >= 11 is 0. The Bertz CT molecular complexity index is 613. The number of carbonyl (C=O) groups excluding carboxylic acids is 3. The highest BCUT2D eigenvalue weighted by Gasteiger charge is 2.42. The normalized spacial score (nSPS) is 15.4. The van der Waals surface area contributed by atoms with Crippen LogP contribution in [0.1, 0.15) is 48.4 Å². The second kappa shape index (κ2) is 6.00. The average Bonchev–Trinajstić information content (AvgIpc) is 2.67. The van der Waals surface area contributed by atoms with E-state index in [0.717, 1.165) is 10.0 Å². The van der Waals surface area contributed by atoms with E-state index in [1.165, 1.54) is 19.1 Å². The molecule has 0 saturated heterocycles. The van der Waals surface area contributed by atoms with Gasteiger partial charge in [-0.05, 0) is 39.8 Å². The van der Waals surface area contributed by atoms with Gasteiger partial charge in [0.15, 0.2) is 0 Å². The summed E-state index contributed by atoms with van der Waals surface area (Å²) in [5.74, 6) is -1.23. The van der Waals surface area contributed by atoms with Gasteiger partial charge in [0.2, 0.25) is 0 Å². The number of aliphatic hydroxyl groups excluding tert-OH is 1. The molecule has 0 aromatic heterocycles. The van der Waals surface area contributed by atoms with Crippen LogP contribution in [0.5, 0.6) is 0 Å². The maximum Gasteiger partial charge on any atom is 0.429 e. The summed E-state index contributed by atoms with van der Waals surface area (Å²) in [6.07, 6.45) is -1.81. The number of amides is 3. The largest absolute Gasteiger partial charge is 0.442 e. The monoisotopic (exact) mass is 320 g/mol. The third-order valence-electron chi connectivity index (χ3n) is 3.06. The van der Waals surface area contributed by atoms with Crippen molar-refractivity contribution < 1.29 is 24.2 Å². The Morgan fingerprint density at radius 2 is 1.70 bits per heavy atom. The molecule has 1 heterocycles. The number of aliphatic hydroxyl groups is 1. The summed E-state index contributed by atoms with van der Waals surface area (Å²) in [6, 6.07) is 6.32. The average molecular weight is 320 g/mol. The molecule has 124 valence electrons. The summed E-state index contributed by atoms with van der Waals surface area (Å²) in [7, 11) is 0. The summed E-state index contributed by atoms with van der Waals surface area (Å²) in [5, 5.41) is 11.2. The summed E-state index contributed by atoms with van der Waals surface area (Å²) in [4.78, 5) is 37.3. The van der Waals surface area contributed by atoms with Crippen LogP contribution in [0.2, 0.25) is 0 Å². The highest BCUT2D eigenvalue weighted by atomic mass is 16.6. The predicted molar refractivity (Wildman–Crippen MR) is 81.6 cm³/mol. The molecule has 7 nitrogen and oxygen atoms in total. The third-order valence-corrected chi connectivity index (χ3v) is 3.06. The number of benzene rings is 1. The summed E-state index contributed by atoms with van der Waals surface area (Å²) < 4.78 is 5.24. The topological polar surface area (TPSA) is 87.2 Å². The number of hydrazine groups is 1.